The molecule has 1 aliphatic heterocycles. The van der Waals surface area contributed by atoms with E-state index in [0.29, 0.717) is 0 Å². The van der Waals surface area contributed by atoms with Gasteiger partial charge in [-0.2, -0.15) is 0 Å². The number of nitrogens with zero attached hydrogens (tertiary/aromatic N) is 1. The summed E-state index contributed by atoms with van der Waals surface area (Å²) in [6, 6.07) is -0.549. The molecule has 6 heteroatoms. The van der Waals surface area contributed by atoms with Crippen molar-refractivity contribution >= 4 is 6.02 Å². The molecule has 1 N–H and O–H groups in total. The highest BCUT2D eigenvalue weighted by Crippen LogP contribution is 2.16. The van der Waals surface area contributed by atoms with E-state index in [9.17, 15) is 13.2 Å². The molecular formula is C4H3F3N2O. The van der Waals surface area contributed by atoms with Crippen LogP contribution in [-0.2, 0) is 4.74 Å². The number of amidine groups is 1. The molecule has 0 saturated carbocycles. The van der Waals surface area contributed by atoms with Crippen LogP contribution in [0.1, 0.15) is 0 Å². The molecule has 0 aromatic rings. The highest BCUT2D eigenvalue weighted by Gasteiger charge is 2.33. The van der Waals surface area contributed by atoms with Gasteiger partial charge in [-0.25, -0.2) is 4.99 Å². The Morgan fingerprint density at radius 2 is 2.30 bits per heavy atom. The summed E-state index contributed by atoms with van der Waals surface area (Å²) >= 11 is 0. The Morgan fingerprint density at radius 3 is 2.70 bits per heavy atom. The van der Waals surface area contributed by atoms with Crippen LogP contribution in [-0.4, -0.2) is 18.9 Å². The van der Waals surface area contributed by atoms with Crippen LogP contribution in [0.25, 0.3) is 0 Å². The molecular weight excluding hydrogens is 149 g/mol. The second kappa shape index (κ2) is 2.36. The van der Waals surface area contributed by atoms with Crippen molar-refractivity contribution in [2.45, 2.75) is 6.36 Å². The zero-order valence-corrected chi connectivity index (χ0v) is 4.70. The topological polar surface area (TPSA) is 33.6 Å². The van der Waals surface area contributed by atoms with Crippen LogP contribution in [0.15, 0.2) is 4.99 Å². The Labute approximate surface area is 54.9 Å². The molecule has 1 rings (SSSR count). The molecule has 10 heavy (non-hydrogen) atoms. The maximum Gasteiger partial charge on any atom is 0.575 e. The summed E-state index contributed by atoms with van der Waals surface area (Å²) in [5, 5.41) is 2.07. The number of aliphatic imine (C=N–C) groups is 1. The van der Waals surface area contributed by atoms with Crippen molar-refractivity contribution in [1.29, 1.82) is 0 Å². The monoisotopic (exact) mass is 152 g/mol. The molecule has 3 nitrogen and oxygen atoms in total. The second-order valence-corrected chi connectivity index (χ2v) is 1.47. The summed E-state index contributed by atoms with van der Waals surface area (Å²) in [7, 11) is 0. The lowest BCUT2D eigenvalue weighted by atomic mass is 10.7. The molecule has 0 bridgehead atoms. The Balaban J connectivity index is 2.38. The Kier molecular flexibility index (Phi) is 1.69. The molecule has 0 amide bonds. The van der Waals surface area contributed by atoms with Gasteiger partial charge in [-0.15, -0.1) is 13.2 Å². The molecule has 0 unspecified atom stereocenters. The minimum atomic E-state index is -4.67. The number of alkyl halides is 3. The molecule has 0 saturated heterocycles. The molecule has 0 aromatic carbocycles. The highest BCUT2D eigenvalue weighted by atomic mass is 19.4. The molecule has 2 radical (unpaired) electrons. The van der Waals surface area contributed by atoms with Gasteiger partial charge in [0.05, 0.1) is 6.54 Å². The zero-order chi connectivity index (χ0) is 7.61. The largest absolute Gasteiger partial charge is 0.575 e. The van der Waals surface area contributed by atoms with Gasteiger partial charge in [0.2, 0.25) is 0 Å². The molecule has 0 aliphatic carbocycles. The molecule has 1 aliphatic rings. The molecule has 56 valence electrons. The third kappa shape index (κ3) is 2.12. The lowest BCUT2D eigenvalue weighted by molar-refractivity contribution is -0.284. The highest BCUT2D eigenvalue weighted by molar-refractivity contribution is 5.76. The summed E-state index contributed by atoms with van der Waals surface area (Å²) in [4.78, 5) is 3.27. The molecule has 0 aromatic heterocycles. The first-order valence-electron chi connectivity index (χ1n) is 2.37. The van der Waals surface area contributed by atoms with Crippen molar-refractivity contribution in [3.05, 3.63) is 6.54 Å². The van der Waals surface area contributed by atoms with E-state index in [-0.39, 0.29) is 6.54 Å². The first-order valence-corrected chi connectivity index (χ1v) is 2.37. The maximum absolute atomic E-state index is 11.3. The average Bonchev–Trinajstić information content (AvgIpc) is 2.12. The first kappa shape index (κ1) is 7.17. The zero-order valence-electron chi connectivity index (χ0n) is 4.70. The number of nitrogens with one attached hydrogen (secondary N) is 1. The van der Waals surface area contributed by atoms with Crippen LogP contribution in [0.5, 0.6) is 0 Å². The summed E-state index contributed by atoms with van der Waals surface area (Å²) in [5.74, 6) is 0. The molecule has 0 fully saturated rings. The van der Waals surface area contributed by atoms with Gasteiger partial charge in [0.25, 0.3) is 6.02 Å². The van der Waals surface area contributed by atoms with Crippen molar-refractivity contribution in [2.24, 2.45) is 4.99 Å². The Hall–Kier alpha value is -0.940. The fourth-order valence-corrected chi connectivity index (χ4v) is 0.433. The van der Waals surface area contributed by atoms with Gasteiger partial charge in [0, 0.05) is 0 Å². The van der Waals surface area contributed by atoms with Gasteiger partial charge in [-0.1, -0.05) is 0 Å². The van der Waals surface area contributed by atoms with E-state index in [1.165, 1.54) is 0 Å². The van der Waals surface area contributed by atoms with Crippen LogP contribution in [0.3, 0.4) is 0 Å². The minimum absolute atomic E-state index is 0.0887. The number of rotatable bonds is 0. The molecule has 0 atom stereocenters. The van der Waals surface area contributed by atoms with Crippen LogP contribution >= 0.6 is 0 Å². The molecule has 0 spiro atoms. The van der Waals surface area contributed by atoms with Crippen molar-refractivity contribution in [1.82, 2.24) is 5.32 Å². The smallest absolute Gasteiger partial charge is 0.373 e. The van der Waals surface area contributed by atoms with E-state index in [1.54, 1.807) is 0 Å². The predicted octanol–water partition coefficient (Wildman–Crippen LogP) is 0.521. The predicted molar refractivity (Wildman–Crippen MR) is 25.8 cm³/mol. The third-order valence-corrected chi connectivity index (χ3v) is 0.709. The first-order chi connectivity index (χ1) is 4.58. The third-order valence-electron chi connectivity index (χ3n) is 0.709. The number of hydrogen-bond acceptors (Lipinski definition) is 3. The van der Waals surface area contributed by atoms with Gasteiger partial charge >= 0.3 is 6.36 Å². The van der Waals surface area contributed by atoms with Crippen LogP contribution in [0.4, 0.5) is 13.2 Å². The van der Waals surface area contributed by atoms with Gasteiger partial charge in [-0.05, 0) is 0 Å². The van der Waals surface area contributed by atoms with Gasteiger partial charge in [-0.3, -0.25) is 0 Å². The Bertz CT molecular complexity index is 153. The summed E-state index contributed by atoms with van der Waals surface area (Å²) < 4.78 is 37.4. The lowest BCUT2D eigenvalue weighted by Gasteiger charge is -2.06. The normalized spacial score (nSPS) is 18.1. The SMILES string of the molecule is FC(F)(F)OC1=NC[C]N1. The second-order valence-electron chi connectivity index (χ2n) is 1.47. The van der Waals surface area contributed by atoms with Crippen LogP contribution in [0, 0.1) is 6.54 Å². The van der Waals surface area contributed by atoms with E-state index in [4.69, 9.17) is 0 Å². The number of hydrogen-bond donors (Lipinski definition) is 1. The lowest BCUT2D eigenvalue weighted by Crippen LogP contribution is -2.26. The van der Waals surface area contributed by atoms with Crippen LogP contribution < -0.4 is 5.32 Å². The van der Waals surface area contributed by atoms with E-state index in [0.717, 1.165) is 0 Å². The fourth-order valence-electron chi connectivity index (χ4n) is 0.433. The number of halogens is 3. The van der Waals surface area contributed by atoms with Gasteiger partial charge in [0.15, 0.2) is 0 Å². The fraction of sp³-hybridized carbons (Fsp3) is 0.500. The van der Waals surface area contributed by atoms with Crippen molar-refractivity contribution in [3.8, 4) is 0 Å². The summed E-state index contributed by atoms with van der Waals surface area (Å²) in [6.45, 7) is 2.40. The number of ether oxygens (including phenoxy) is 1. The van der Waals surface area contributed by atoms with E-state index >= 15 is 0 Å². The van der Waals surface area contributed by atoms with Gasteiger partial charge in [0.1, 0.15) is 6.54 Å². The average molecular weight is 152 g/mol. The quantitative estimate of drug-likeness (QED) is 0.549. The van der Waals surface area contributed by atoms with E-state index in [1.807, 2.05) is 0 Å². The Morgan fingerprint density at radius 1 is 1.60 bits per heavy atom. The van der Waals surface area contributed by atoms with Crippen LogP contribution in [0.2, 0.25) is 0 Å². The maximum atomic E-state index is 11.3. The van der Waals surface area contributed by atoms with Crippen molar-refractivity contribution in [2.75, 3.05) is 6.54 Å². The van der Waals surface area contributed by atoms with Crippen molar-refractivity contribution in [3.63, 3.8) is 0 Å². The van der Waals surface area contributed by atoms with Gasteiger partial charge < -0.3 is 10.1 Å². The minimum Gasteiger partial charge on any atom is -0.373 e. The standard InChI is InChI=1S/C4H3F3N2O/c5-4(6,7)10-3-8-1-2-9-3/h1H2,(H,8,9). The van der Waals surface area contributed by atoms with E-state index < -0.39 is 12.4 Å². The molecule has 1 heterocycles. The van der Waals surface area contributed by atoms with E-state index in [2.05, 4.69) is 21.6 Å². The van der Waals surface area contributed by atoms with Crippen molar-refractivity contribution < 1.29 is 17.9 Å². The summed E-state index contributed by atoms with van der Waals surface area (Å²) in [6.07, 6.45) is -4.67. The summed E-state index contributed by atoms with van der Waals surface area (Å²) in [5.41, 5.74) is 0.